The van der Waals surface area contributed by atoms with Crippen LogP contribution in [0.15, 0.2) is 12.2 Å². The number of rotatable bonds is 10. The van der Waals surface area contributed by atoms with E-state index >= 15 is 0 Å². The van der Waals surface area contributed by atoms with Gasteiger partial charge in [0.05, 0.1) is 12.2 Å². The smallest absolute Gasteiger partial charge is 0.120 e. The Bertz CT molecular complexity index is 290. The molecule has 4 atom stereocenters. The summed E-state index contributed by atoms with van der Waals surface area (Å²) in [6.45, 7) is 0.829. The molecular weight excluding hydrogens is 256 g/mol. The molecule has 0 saturated heterocycles. The van der Waals surface area contributed by atoms with Crippen LogP contribution in [0.4, 0.5) is 0 Å². The molecular formula is C16H28O4. The Balaban J connectivity index is 2.23. The second-order valence-electron chi connectivity index (χ2n) is 5.64. The van der Waals surface area contributed by atoms with E-state index in [1.807, 2.05) is 6.08 Å². The average molecular weight is 284 g/mol. The zero-order valence-electron chi connectivity index (χ0n) is 12.4. The van der Waals surface area contributed by atoms with Crippen molar-refractivity contribution in [2.75, 3.05) is 13.7 Å². The van der Waals surface area contributed by atoms with Gasteiger partial charge >= 0.3 is 0 Å². The summed E-state index contributed by atoms with van der Waals surface area (Å²) in [6, 6.07) is 0. The molecule has 0 unspecified atom stereocenters. The Morgan fingerprint density at radius 2 is 1.90 bits per heavy atom. The molecule has 0 aromatic rings. The molecule has 1 aliphatic carbocycles. The first-order valence-electron chi connectivity index (χ1n) is 7.66. The van der Waals surface area contributed by atoms with Crippen LogP contribution in [-0.2, 0) is 9.53 Å². The van der Waals surface area contributed by atoms with Gasteiger partial charge in [-0.3, -0.25) is 0 Å². The number of carbonyl (C=O) groups is 1. The highest BCUT2D eigenvalue weighted by atomic mass is 16.5. The lowest BCUT2D eigenvalue weighted by atomic mass is 9.90. The number of hydrogen-bond acceptors (Lipinski definition) is 4. The van der Waals surface area contributed by atoms with Gasteiger partial charge < -0.3 is 19.7 Å². The van der Waals surface area contributed by atoms with Crippen molar-refractivity contribution in [1.82, 2.24) is 0 Å². The molecule has 0 aliphatic heterocycles. The van der Waals surface area contributed by atoms with E-state index < -0.39 is 12.2 Å². The Morgan fingerprint density at radius 1 is 1.15 bits per heavy atom. The molecule has 0 aromatic heterocycles. The van der Waals surface area contributed by atoms with Gasteiger partial charge in [-0.25, -0.2) is 0 Å². The van der Waals surface area contributed by atoms with Crippen molar-refractivity contribution in [3.63, 3.8) is 0 Å². The number of unbranched alkanes of at least 4 members (excludes halogenated alkanes) is 4. The second-order valence-corrected chi connectivity index (χ2v) is 5.64. The topological polar surface area (TPSA) is 66.8 Å². The Morgan fingerprint density at radius 3 is 2.60 bits per heavy atom. The van der Waals surface area contributed by atoms with E-state index in [2.05, 4.69) is 6.08 Å². The molecule has 0 bridgehead atoms. The van der Waals surface area contributed by atoms with Crippen LogP contribution in [0, 0.1) is 11.8 Å². The van der Waals surface area contributed by atoms with Gasteiger partial charge in [0.25, 0.3) is 0 Å². The third kappa shape index (κ3) is 5.73. The van der Waals surface area contributed by atoms with Gasteiger partial charge in [-0.1, -0.05) is 25.0 Å². The Hall–Kier alpha value is -0.710. The van der Waals surface area contributed by atoms with Crippen LogP contribution in [0.3, 0.4) is 0 Å². The fourth-order valence-corrected chi connectivity index (χ4v) is 2.93. The maximum Gasteiger partial charge on any atom is 0.120 e. The van der Waals surface area contributed by atoms with Crippen LogP contribution < -0.4 is 0 Å². The quantitative estimate of drug-likeness (QED) is 0.366. The van der Waals surface area contributed by atoms with E-state index in [4.69, 9.17) is 4.74 Å². The van der Waals surface area contributed by atoms with Crippen molar-refractivity contribution in [1.29, 1.82) is 0 Å². The largest absolute Gasteiger partial charge is 0.393 e. The van der Waals surface area contributed by atoms with Crippen LogP contribution in [0.5, 0.6) is 0 Å². The molecule has 1 aliphatic rings. The van der Waals surface area contributed by atoms with E-state index in [0.717, 1.165) is 32.2 Å². The lowest BCUT2D eigenvalue weighted by Gasteiger charge is -2.17. The SMILES string of the molecule is COCCCCCCC=C[C@@H]1[C@@H](CC=O)[C@@H](O)C[C@@H]1O. The minimum atomic E-state index is -0.557. The summed E-state index contributed by atoms with van der Waals surface area (Å²) in [5.74, 6) is -0.204. The number of ether oxygens (including phenoxy) is 1. The molecule has 4 heteroatoms. The monoisotopic (exact) mass is 284 g/mol. The fourth-order valence-electron chi connectivity index (χ4n) is 2.93. The summed E-state index contributed by atoms with van der Waals surface area (Å²) in [5.41, 5.74) is 0. The normalized spacial score (nSPS) is 30.1. The van der Waals surface area contributed by atoms with E-state index in [1.165, 1.54) is 12.8 Å². The third-order valence-electron chi connectivity index (χ3n) is 4.11. The number of methoxy groups -OCH3 is 1. The minimum Gasteiger partial charge on any atom is -0.393 e. The van der Waals surface area contributed by atoms with Crippen LogP contribution in [0.25, 0.3) is 0 Å². The fraction of sp³-hybridized carbons (Fsp3) is 0.812. The van der Waals surface area contributed by atoms with Gasteiger partial charge in [-0.05, 0) is 19.3 Å². The summed E-state index contributed by atoms with van der Waals surface area (Å²) in [6.07, 6.45) is 10.1. The first kappa shape index (κ1) is 17.3. The van der Waals surface area contributed by atoms with E-state index in [9.17, 15) is 15.0 Å². The minimum absolute atomic E-state index is 0.0799. The summed E-state index contributed by atoms with van der Waals surface area (Å²) < 4.78 is 5.00. The maximum absolute atomic E-state index is 10.6. The second kappa shape index (κ2) is 10.1. The van der Waals surface area contributed by atoms with Crippen LogP contribution >= 0.6 is 0 Å². The summed E-state index contributed by atoms with van der Waals surface area (Å²) >= 11 is 0. The van der Waals surface area contributed by atoms with Crippen molar-refractivity contribution in [2.45, 2.75) is 57.2 Å². The van der Waals surface area contributed by atoms with Gasteiger partial charge in [0, 0.05) is 38.4 Å². The molecule has 0 aromatic carbocycles. The van der Waals surface area contributed by atoms with Crippen molar-refractivity contribution >= 4 is 6.29 Å². The molecule has 0 radical (unpaired) electrons. The molecule has 116 valence electrons. The lowest BCUT2D eigenvalue weighted by molar-refractivity contribution is -0.109. The summed E-state index contributed by atoms with van der Waals surface area (Å²) in [5, 5.41) is 19.7. The van der Waals surface area contributed by atoms with Crippen LogP contribution in [0.2, 0.25) is 0 Å². The number of carbonyl (C=O) groups excluding carboxylic acids is 1. The van der Waals surface area contributed by atoms with E-state index in [0.29, 0.717) is 12.8 Å². The van der Waals surface area contributed by atoms with Gasteiger partial charge in [0.2, 0.25) is 0 Å². The standard InChI is InChI=1S/C16H28O4/c1-20-11-7-5-3-2-4-6-8-13-14(9-10-17)16(19)12-15(13)18/h6,8,10,13-16,18-19H,2-5,7,9,11-12H2,1H3/t13-,14-,15+,16+/m1/s1. The third-order valence-corrected chi connectivity index (χ3v) is 4.11. The van der Waals surface area contributed by atoms with Crippen molar-refractivity contribution < 1.29 is 19.7 Å². The highest BCUT2D eigenvalue weighted by Crippen LogP contribution is 2.35. The van der Waals surface area contributed by atoms with Gasteiger partial charge in [0.1, 0.15) is 6.29 Å². The first-order valence-corrected chi connectivity index (χ1v) is 7.66. The predicted molar refractivity (Wildman–Crippen MR) is 78.4 cm³/mol. The van der Waals surface area contributed by atoms with Crippen molar-refractivity contribution in [3.05, 3.63) is 12.2 Å². The van der Waals surface area contributed by atoms with Gasteiger partial charge in [-0.15, -0.1) is 0 Å². The highest BCUT2D eigenvalue weighted by molar-refractivity contribution is 5.50. The van der Waals surface area contributed by atoms with Crippen LogP contribution in [-0.4, -0.2) is 42.4 Å². The predicted octanol–water partition coefficient (Wildman–Crippen LogP) is 2.09. The maximum atomic E-state index is 10.6. The van der Waals surface area contributed by atoms with Gasteiger partial charge in [0.15, 0.2) is 0 Å². The van der Waals surface area contributed by atoms with E-state index in [1.54, 1.807) is 7.11 Å². The molecule has 1 rings (SSSR count). The number of hydrogen-bond donors (Lipinski definition) is 2. The van der Waals surface area contributed by atoms with E-state index in [-0.39, 0.29) is 11.8 Å². The average Bonchev–Trinajstić information content (AvgIpc) is 2.69. The molecule has 2 N–H and O–H groups in total. The highest BCUT2D eigenvalue weighted by Gasteiger charge is 2.39. The number of aldehydes is 1. The summed E-state index contributed by atoms with van der Waals surface area (Å²) in [4.78, 5) is 10.6. The van der Waals surface area contributed by atoms with Gasteiger partial charge in [-0.2, -0.15) is 0 Å². The molecule has 0 heterocycles. The number of allylic oxidation sites excluding steroid dienone is 1. The Labute approximate surface area is 121 Å². The molecule has 1 saturated carbocycles. The van der Waals surface area contributed by atoms with Crippen molar-refractivity contribution in [2.24, 2.45) is 11.8 Å². The number of aliphatic hydroxyl groups excluding tert-OH is 2. The molecule has 1 fully saturated rings. The zero-order chi connectivity index (χ0) is 14.8. The molecule has 0 spiro atoms. The molecule has 20 heavy (non-hydrogen) atoms. The summed E-state index contributed by atoms with van der Waals surface area (Å²) in [7, 11) is 1.72. The first-order chi connectivity index (χ1) is 9.70. The lowest BCUT2D eigenvalue weighted by Crippen LogP contribution is -2.20. The Kier molecular flexibility index (Phi) is 8.74. The van der Waals surface area contributed by atoms with Crippen LogP contribution in [0.1, 0.15) is 44.9 Å². The van der Waals surface area contributed by atoms with Crippen molar-refractivity contribution in [3.8, 4) is 0 Å². The zero-order valence-corrected chi connectivity index (χ0v) is 12.4. The molecule has 0 amide bonds. The number of aliphatic hydroxyl groups is 2. The molecule has 4 nitrogen and oxygen atoms in total.